The summed E-state index contributed by atoms with van der Waals surface area (Å²) in [5, 5.41) is 2.44. The number of allylic oxidation sites excluding steroid dienone is 1. The van der Waals surface area contributed by atoms with E-state index >= 15 is 0 Å². The molecular formula is C40H52N10O4. The van der Waals surface area contributed by atoms with Gasteiger partial charge in [-0.05, 0) is 60.2 Å². The van der Waals surface area contributed by atoms with Crippen LogP contribution in [0, 0.1) is 5.92 Å². The van der Waals surface area contributed by atoms with E-state index in [0.29, 0.717) is 37.9 Å². The van der Waals surface area contributed by atoms with Gasteiger partial charge in [0.2, 0.25) is 11.8 Å². The summed E-state index contributed by atoms with van der Waals surface area (Å²) in [6.07, 6.45) is 11.0. The third-order valence-corrected chi connectivity index (χ3v) is 8.67. The number of aromatic amines is 2. The third-order valence-electron chi connectivity index (χ3n) is 8.67. The Morgan fingerprint density at radius 2 is 1.67 bits per heavy atom. The number of carbonyl (C=O) groups excluding carboxylic acids is 3. The molecule has 0 saturated carbocycles. The van der Waals surface area contributed by atoms with E-state index in [1.165, 1.54) is 7.11 Å². The molecule has 1 aliphatic rings. The topological polar surface area (TPSA) is 187 Å². The summed E-state index contributed by atoms with van der Waals surface area (Å²) in [5.41, 5.74) is 11.0. The lowest BCUT2D eigenvalue weighted by molar-refractivity contribution is -0.133. The van der Waals surface area contributed by atoms with Gasteiger partial charge in [-0.3, -0.25) is 19.6 Å². The summed E-state index contributed by atoms with van der Waals surface area (Å²) < 4.78 is 4.55. The molecule has 0 radical (unpaired) electrons. The van der Waals surface area contributed by atoms with E-state index in [1.54, 1.807) is 29.6 Å². The largest absolute Gasteiger partial charge is 0.453 e. The minimum absolute atomic E-state index is 0.0110. The van der Waals surface area contributed by atoms with E-state index in [2.05, 4.69) is 96.9 Å². The first kappa shape index (κ1) is 40.9. The Morgan fingerprint density at radius 1 is 1.04 bits per heavy atom. The second kappa shape index (κ2) is 21.0. The summed E-state index contributed by atoms with van der Waals surface area (Å²) in [5.74, 6) is 1.85. The normalized spacial score (nSPS) is 14.0. The molecule has 1 saturated heterocycles. The number of amides is 3. The van der Waals surface area contributed by atoms with Crippen molar-refractivity contribution in [3.63, 3.8) is 0 Å². The summed E-state index contributed by atoms with van der Waals surface area (Å²) in [4.78, 5) is 63.5. The number of aliphatic imine (C=N–C) groups is 2. The maximum Gasteiger partial charge on any atom is 0.407 e. The molecule has 0 spiro atoms. The predicted molar refractivity (Wildman–Crippen MR) is 213 cm³/mol. The monoisotopic (exact) mass is 736 g/mol. The third kappa shape index (κ3) is 11.8. The zero-order chi connectivity index (χ0) is 38.9. The number of nitrogens with one attached hydrogen (secondary N) is 3. The fraction of sp³-hybridized carbons (Fsp3) is 0.375. The van der Waals surface area contributed by atoms with Gasteiger partial charge in [0.1, 0.15) is 18.2 Å². The molecule has 2 aromatic heterocycles. The van der Waals surface area contributed by atoms with E-state index in [1.807, 2.05) is 30.2 Å². The molecule has 5 rings (SSSR count). The van der Waals surface area contributed by atoms with Crippen molar-refractivity contribution in [3.05, 3.63) is 84.8 Å². The predicted octanol–water partition coefficient (Wildman–Crippen LogP) is 6.13. The molecule has 0 bridgehead atoms. The molecule has 0 aliphatic carbocycles. The van der Waals surface area contributed by atoms with Gasteiger partial charge in [0.25, 0.3) is 0 Å². The van der Waals surface area contributed by atoms with Crippen molar-refractivity contribution in [2.75, 3.05) is 33.4 Å². The first-order chi connectivity index (χ1) is 26.2. The minimum atomic E-state index is -0.640. The number of nitrogens with two attached hydrogens (primary N) is 1. The van der Waals surface area contributed by atoms with Crippen LogP contribution in [0.5, 0.6) is 0 Å². The molecule has 1 atom stereocenters. The van der Waals surface area contributed by atoms with Crippen LogP contribution in [0.15, 0.2) is 83.2 Å². The number of likely N-dealkylation sites (tertiary alicyclic amines) is 1. The SMILES string of the molecule is C=N/C=C\C=N/CN.CCCN(Cc1ncc(-c2ccc(-c3ccc(-c4cnc(C5CCCN5C(=O)CC(C)C)[nH]4)cc3)cc2)[nH]1)C(=O)CNC(=O)OC. The number of nitrogens with zero attached hydrogens (tertiary/aromatic N) is 6. The number of aromatic nitrogens is 4. The zero-order valence-corrected chi connectivity index (χ0v) is 31.6. The van der Waals surface area contributed by atoms with Gasteiger partial charge in [-0.1, -0.05) is 69.3 Å². The van der Waals surface area contributed by atoms with Gasteiger partial charge in [0.15, 0.2) is 0 Å². The molecule has 3 heterocycles. The van der Waals surface area contributed by atoms with Gasteiger partial charge in [-0.25, -0.2) is 14.8 Å². The Labute approximate surface area is 317 Å². The number of rotatable bonds is 15. The van der Waals surface area contributed by atoms with Crippen molar-refractivity contribution < 1.29 is 19.1 Å². The molecule has 1 aliphatic heterocycles. The highest BCUT2D eigenvalue weighted by Gasteiger charge is 2.32. The van der Waals surface area contributed by atoms with Crippen molar-refractivity contribution in [3.8, 4) is 33.6 Å². The lowest BCUT2D eigenvalue weighted by atomic mass is 10.0. The second-order valence-corrected chi connectivity index (χ2v) is 13.1. The van der Waals surface area contributed by atoms with Gasteiger partial charge in [-0.2, -0.15) is 0 Å². The number of methoxy groups -OCH3 is 1. The van der Waals surface area contributed by atoms with E-state index < -0.39 is 6.09 Å². The average molecular weight is 737 g/mol. The zero-order valence-electron chi connectivity index (χ0n) is 31.6. The van der Waals surface area contributed by atoms with Crippen molar-refractivity contribution in [2.45, 2.75) is 59.0 Å². The Bertz CT molecular complexity index is 1860. The molecule has 5 N–H and O–H groups in total. The standard InChI is InChI=1S/C35H43N7O4.C5H9N3/c1-5-16-41(33(44)21-38-35(45)46-4)22-31-36-19-28(39-31)26-12-8-24(9-13-26)25-10-14-27(15-11-25)29-20-37-34(40-29)30-7-6-17-42(30)32(43)18-23(2)3;1-7-3-2-4-8-5-6/h8-15,19-20,23,30H,5-7,16-18,21-22H2,1-4H3,(H,36,39)(H,37,40)(H,38,45);2-4H,1,5-6H2/b;3-2-,8-4-. The molecule has 3 amide bonds. The number of benzene rings is 2. The van der Waals surface area contributed by atoms with E-state index in [0.717, 1.165) is 65.3 Å². The number of carbonyl (C=O) groups is 3. The molecule has 54 heavy (non-hydrogen) atoms. The fourth-order valence-electron chi connectivity index (χ4n) is 6.04. The molecule has 2 aromatic carbocycles. The average Bonchev–Trinajstić information content (AvgIpc) is 3.97. The number of hydrogen-bond acceptors (Lipinski definition) is 9. The first-order valence-electron chi connectivity index (χ1n) is 18.2. The van der Waals surface area contributed by atoms with Gasteiger partial charge in [-0.15, -0.1) is 0 Å². The molecular weight excluding hydrogens is 685 g/mol. The highest BCUT2D eigenvalue weighted by atomic mass is 16.5. The van der Waals surface area contributed by atoms with Crippen LogP contribution in [0.25, 0.3) is 33.6 Å². The molecule has 4 aromatic rings. The van der Waals surface area contributed by atoms with Crippen molar-refractivity contribution in [1.82, 2.24) is 35.1 Å². The molecule has 286 valence electrons. The maximum absolute atomic E-state index is 12.8. The summed E-state index contributed by atoms with van der Waals surface area (Å²) >= 11 is 0. The number of ether oxygens (including phenoxy) is 1. The lowest BCUT2D eigenvalue weighted by Crippen LogP contribution is -2.40. The van der Waals surface area contributed by atoms with Gasteiger partial charge < -0.3 is 35.6 Å². The Hall–Kier alpha value is -5.89. The molecule has 14 nitrogen and oxygen atoms in total. The van der Waals surface area contributed by atoms with Crippen LogP contribution in [-0.2, 0) is 20.9 Å². The van der Waals surface area contributed by atoms with Crippen LogP contribution in [0.4, 0.5) is 4.79 Å². The van der Waals surface area contributed by atoms with Crippen LogP contribution in [-0.4, -0.2) is 94.0 Å². The van der Waals surface area contributed by atoms with Crippen molar-refractivity contribution >= 4 is 30.8 Å². The number of hydrogen-bond donors (Lipinski definition) is 4. The smallest absolute Gasteiger partial charge is 0.407 e. The Kier molecular flexibility index (Phi) is 15.9. The Balaban J connectivity index is 0.000000730. The summed E-state index contributed by atoms with van der Waals surface area (Å²) in [6.45, 7) is 11.2. The van der Waals surface area contributed by atoms with Crippen molar-refractivity contribution in [2.24, 2.45) is 21.6 Å². The number of H-pyrrole nitrogens is 2. The van der Waals surface area contributed by atoms with Gasteiger partial charge >= 0.3 is 6.09 Å². The quantitative estimate of drug-likeness (QED) is 0.106. The fourth-order valence-corrected chi connectivity index (χ4v) is 6.04. The van der Waals surface area contributed by atoms with Gasteiger partial charge in [0.05, 0.1) is 50.1 Å². The van der Waals surface area contributed by atoms with E-state index in [4.69, 9.17) is 5.73 Å². The van der Waals surface area contributed by atoms with E-state index in [9.17, 15) is 14.4 Å². The molecule has 1 unspecified atom stereocenters. The first-order valence-corrected chi connectivity index (χ1v) is 18.2. The highest BCUT2D eigenvalue weighted by molar-refractivity contribution is 5.82. The van der Waals surface area contributed by atoms with Crippen molar-refractivity contribution in [1.29, 1.82) is 0 Å². The second-order valence-electron chi connectivity index (χ2n) is 13.1. The summed E-state index contributed by atoms with van der Waals surface area (Å²) in [7, 11) is 1.26. The number of alkyl carbamates (subject to hydrolysis) is 1. The highest BCUT2D eigenvalue weighted by Crippen LogP contribution is 2.33. The maximum atomic E-state index is 12.8. The Morgan fingerprint density at radius 3 is 2.26 bits per heavy atom. The van der Waals surface area contributed by atoms with Crippen LogP contribution in [0.2, 0.25) is 0 Å². The summed E-state index contributed by atoms with van der Waals surface area (Å²) in [6, 6.07) is 16.6. The molecule has 1 fully saturated rings. The molecule has 14 heteroatoms. The van der Waals surface area contributed by atoms with Crippen LogP contribution >= 0.6 is 0 Å². The van der Waals surface area contributed by atoms with Crippen LogP contribution in [0.3, 0.4) is 0 Å². The van der Waals surface area contributed by atoms with Crippen LogP contribution < -0.4 is 11.1 Å². The number of imidazole rings is 2. The van der Waals surface area contributed by atoms with Crippen LogP contribution in [0.1, 0.15) is 64.1 Å². The van der Waals surface area contributed by atoms with Gasteiger partial charge in [0, 0.05) is 31.9 Å². The minimum Gasteiger partial charge on any atom is -0.453 e. The lowest BCUT2D eigenvalue weighted by Gasteiger charge is -2.24. The van der Waals surface area contributed by atoms with E-state index in [-0.39, 0.29) is 24.4 Å².